The molecule has 0 aliphatic carbocycles. The number of fused-ring (bicyclic) bond motifs is 2. The van der Waals surface area contributed by atoms with E-state index in [2.05, 4.69) is 0 Å². The Hall–Kier alpha value is -2.65. The Kier molecular flexibility index (Phi) is 5.68. The largest absolute Gasteiger partial charge is 0.450 e. The Bertz CT molecular complexity index is 765. The van der Waals surface area contributed by atoms with Gasteiger partial charge in [-0.15, -0.1) is 0 Å². The molecule has 1 aromatic rings. The lowest BCUT2D eigenvalue weighted by molar-refractivity contribution is -0.162. The zero-order valence-electron chi connectivity index (χ0n) is 16.4. The summed E-state index contributed by atoms with van der Waals surface area (Å²) in [5.41, 5.74) is 1.01. The van der Waals surface area contributed by atoms with Crippen molar-refractivity contribution in [3.63, 3.8) is 0 Å². The SMILES string of the molecule is CCOC(=O)N1CCN(C(=O)[C@@H]2O[C@@H]3CN(Cc4ccccc4)C(=O)[C@H]2O3)CC1. The zero-order valence-corrected chi connectivity index (χ0v) is 16.4. The van der Waals surface area contributed by atoms with Crippen molar-refractivity contribution in [1.82, 2.24) is 14.7 Å². The lowest BCUT2D eigenvalue weighted by Gasteiger charge is -2.35. The van der Waals surface area contributed by atoms with Crippen molar-refractivity contribution in [2.45, 2.75) is 32.0 Å². The van der Waals surface area contributed by atoms with Gasteiger partial charge in [0.1, 0.15) is 0 Å². The van der Waals surface area contributed by atoms with Gasteiger partial charge in [0.15, 0.2) is 18.5 Å². The van der Waals surface area contributed by atoms with Gasteiger partial charge in [0.2, 0.25) is 0 Å². The number of hydrogen-bond donors (Lipinski definition) is 0. The predicted octanol–water partition coefficient (Wildman–Crippen LogP) is 0.440. The molecule has 0 N–H and O–H groups in total. The van der Waals surface area contributed by atoms with Crippen LogP contribution >= 0.6 is 0 Å². The van der Waals surface area contributed by atoms with Gasteiger partial charge < -0.3 is 28.9 Å². The third kappa shape index (κ3) is 4.06. The van der Waals surface area contributed by atoms with Gasteiger partial charge in [-0.25, -0.2) is 4.79 Å². The van der Waals surface area contributed by atoms with Crippen LogP contribution in [0.4, 0.5) is 4.79 Å². The average Bonchev–Trinajstić information content (AvgIpc) is 3.11. The summed E-state index contributed by atoms with van der Waals surface area (Å²) in [5, 5.41) is 0. The number of nitrogens with zero attached hydrogens (tertiary/aromatic N) is 3. The predicted molar refractivity (Wildman–Crippen MR) is 101 cm³/mol. The van der Waals surface area contributed by atoms with Gasteiger partial charge in [0.05, 0.1) is 13.2 Å². The smallest absolute Gasteiger partial charge is 0.409 e. The maximum absolute atomic E-state index is 13.0. The maximum Gasteiger partial charge on any atom is 0.409 e. The number of piperazine rings is 1. The molecule has 3 amide bonds. The summed E-state index contributed by atoms with van der Waals surface area (Å²) in [6.45, 7) is 4.35. The monoisotopic (exact) mass is 403 g/mol. The molecule has 0 spiro atoms. The second kappa shape index (κ2) is 8.38. The van der Waals surface area contributed by atoms with E-state index in [0.29, 0.717) is 45.9 Å². The van der Waals surface area contributed by atoms with Gasteiger partial charge in [-0.2, -0.15) is 0 Å². The van der Waals surface area contributed by atoms with Crippen LogP contribution in [0.2, 0.25) is 0 Å². The van der Waals surface area contributed by atoms with Crippen LogP contribution in [0.25, 0.3) is 0 Å². The second-order valence-electron chi connectivity index (χ2n) is 7.26. The summed E-state index contributed by atoms with van der Waals surface area (Å²) in [7, 11) is 0. The fourth-order valence-corrected chi connectivity index (χ4v) is 3.86. The molecule has 9 heteroatoms. The first kappa shape index (κ1) is 19.7. The number of morpholine rings is 1. The Labute approximate surface area is 169 Å². The van der Waals surface area contributed by atoms with Crippen molar-refractivity contribution in [2.24, 2.45) is 0 Å². The number of carbonyl (C=O) groups is 3. The van der Waals surface area contributed by atoms with Crippen molar-refractivity contribution in [2.75, 3.05) is 39.3 Å². The molecule has 0 saturated carbocycles. The van der Waals surface area contributed by atoms with Crippen molar-refractivity contribution in [3.05, 3.63) is 35.9 Å². The van der Waals surface area contributed by atoms with Gasteiger partial charge >= 0.3 is 6.09 Å². The summed E-state index contributed by atoms with van der Waals surface area (Å²) in [6.07, 6.45) is -2.84. The van der Waals surface area contributed by atoms with Crippen LogP contribution in [-0.4, -0.2) is 90.4 Å². The third-order valence-corrected chi connectivity index (χ3v) is 5.37. The Balaban J connectivity index is 1.36. The topological polar surface area (TPSA) is 88.6 Å². The van der Waals surface area contributed by atoms with Crippen LogP contribution in [0, 0.1) is 0 Å². The molecule has 3 saturated heterocycles. The summed E-state index contributed by atoms with van der Waals surface area (Å²) >= 11 is 0. The van der Waals surface area contributed by atoms with Gasteiger partial charge in [0.25, 0.3) is 11.8 Å². The van der Waals surface area contributed by atoms with Crippen LogP contribution in [0.1, 0.15) is 12.5 Å². The molecular formula is C20H25N3O6. The van der Waals surface area contributed by atoms with Crippen molar-refractivity contribution < 1.29 is 28.6 Å². The molecule has 3 aliphatic heterocycles. The first-order valence-corrected chi connectivity index (χ1v) is 9.91. The highest BCUT2D eigenvalue weighted by Crippen LogP contribution is 2.29. The number of hydrogen-bond acceptors (Lipinski definition) is 6. The summed E-state index contributed by atoms with van der Waals surface area (Å²) in [5.74, 6) is -0.498. The summed E-state index contributed by atoms with van der Waals surface area (Å²) in [6, 6.07) is 9.68. The van der Waals surface area contributed by atoms with E-state index >= 15 is 0 Å². The third-order valence-electron chi connectivity index (χ3n) is 5.37. The van der Waals surface area contributed by atoms with Crippen LogP contribution < -0.4 is 0 Å². The molecule has 3 atom stereocenters. The quantitative estimate of drug-likeness (QED) is 0.725. The van der Waals surface area contributed by atoms with Gasteiger partial charge in [-0.05, 0) is 12.5 Å². The number of rotatable bonds is 4. The molecule has 2 bridgehead atoms. The van der Waals surface area contributed by atoms with Gasteiger partial charge in [-0.3, -0.25) is 9.59 Å². The van der Waals surface area contributed by atoms with Gasteiger partial charge in [-0.1, -0.05) is 30.3 Å². The van der Waals surface area contributed by atoms with Gasteiger partial charge in [0, 0.05) is 32.7 Å². The number of benzene rings is 1. The van der Waals surface area contributed by atoms with E-state index in [1.165, 1.54) is 0 Å². The molecule has 0 radical (unpaired) electrons. The fourth-order valence-electron chi connectivity index (χ4n) is 3.86. The Morgan fingerprint density at radius 3 is 2.45 bits per heavy atom. The highest BCUT2D eigenvalue weighted by molar-refractivity contribution is 5.92. The molecule has 0 aromatic heterocycles. The minimum Gasteiger partial charge on any atom is -0.450 e. The van der Waals surface area contributed by atoms with E-state index in [0.717, 1.165) is 5.56 Å². The first-order valence-electron chi connectivity index (χ1n) is 9.91. The van der Waals surface area contributed by atoms with Crippen LogP contribution in [0.5, 0.6) is 0 Å². The molecule has 3 heterocycles. The number of carbonyl (C=O) groups excluding carboxylic acids is 3. The second-order valence-corrected chi connectivity index (χ2v) is 7.26. The molecule has 4 rings (SSSR count). The van der Waals surface area contributed by atoms with E-state index in [1.54, 1.807) is 21.6 Å². The number of ether oxygens (including phenoxy) is 3. The highest BCUT2D eigenvalue weighted by Gasteiger charge is 2.52. The molecule has 9 nitrogen and oxygen atoms in total. The van der Waals surface area contributed by atoms with Crippen LogP contribution in [-0.2, 0) is 30.3 Å². The summed E-state index contributed by atoms with van der Waals surface area (Å²) in [4.78, 5) is 42.5. The lowest BCUT2D eigenvalue weighted by Crippen LogP contribution is -2.56. The molecule has 29 heavy (non-hydrogen) atoms. The molecular weight excluding hydrogens is 378 g/mol. The van der Waals surface area contributed by atoms with Crippen molar-refractivity contribution in [3.8, 4) is 0 Å². The van der Waals surface area contributed by atoms with Crippen LogP contribution in [0.3, 0.4) is 0 Å². The van der Waals surface area contributed by atoms with E-state index in [4.69, 9.17) is 14.2 Å². The van der Waals surface area contributed by atoms with Crippen LogP contribution in [0.15, 0.2) is 30.3 Å². The minimum absolute atomic E-state index is 0.230. The molecule has 0 unspecified atom stereocenters. The average molecular weight is 403 g/mol. The molecule has 1 aromatic carbocycles. The molecule has 3 fully saturated rings. The standard InChI is InChI=1S/C20H25N3O6/c1-2-27-20(26)22-10-8-21(9-11-22)18(24)16-17-19(25)23(13-15(28-16)29-17)12-14-6-4-3-5-7-14/h3-7,15-17H,2,8-13H2,1H3/t15-,16+,17-/m0/s1. The first-order chi connectivity index (χ1) is 14.1. The Morgan fingerprint density at radius 1 is 1.07 bits per heavy atom. The maximum atomic E-state index is 13.0. The minimum atomic E-state index is -0.942. The molecule has 3 aliphatic rings. The highest BCUT2D eigenvalue weighted by atomic mass is 16.7. The van der Waals surface area contributed by atoms with E-state index in [9.17, 15) is 14.4 Å². The summed E-state index contributed by atoms with van der Waals surface area (Å²) < 4.78 is 16.4. The number of amides is 3. The normalized spacial score (nSPS) is 26.6. The van der Waals surface area contributed by atoms with E-state index < -0.39 is 18.5 Å². The fraction of sp³-hybridized carbons (Fsp3) is 0.550. The van der Waals surface area contributed by atoms with E-state index in [-0.39, 0.29) is 17.9 Å². The zero-order chi connectivity index (χ0) is 20.4. The molecule has 156 valence electrons. The van der Waals surface area contributed by atoms with E-state index in [1.807, 2.05) is 30.3 Å². The van der Waals surface area contributed by atoms with Crippen molar-refractivity contribution >= 4 is 17.9 Å². The van der Waals surface area contributed by atoms with Crippen molar-refractivity contribution in [1.29, 1.82) is 0 Å². The lowest BCUT2D eigenvalue weighted by atomic mass is 10.1. The Morgan fingerprint density at radius 2 is 1.76 bits per heavy atom.